The molecule has 0 saturated heterocycles. The number of hydrogen-bond donors (Lipinski definition) is 0. The quantitative estimate of drug-likeness (QED) is 0.707. The number of allylic oxidation sites excluding steroid dienone is 3. The van der Waals surface area contributed by atoms with E-state index < -0.39 is 0 Å². The van der Waals surface area contributed by atoms with Crippen molar-refractivity contribution in [3.8, 4) is 5.88 Å². The number of halogens is 1. The van der Waals surface area contributed by atoms with Crippen molar-refractivity contribution in [3.05, 3.63) is 83.4 Å². The number of nitrogens with zero attached hydrogens (tertiary/aromatic N) is 3. The highest BCUT2D eigenvalue weighted by Gasteiger charge is 2.23. The van der Waals surface area contributed by atoms with Crippen LogP contribution >= 0.6 is 0 Å². The molecule has 1 aromatic heterocycles. The van der Waals surface area contributed by atoms with Crippen molar-refractivity contribution in [3.63, 3.8) is 0 Å². The van der Waals surface area contributed by atoms with Crippen molar-refractivity contribution < 1.29 is 13.9 Å². The first-order chi connectivity index (χ1) is 13.5. The fourth-order valence-electron chi connectivity index (χ4n) is 3.08. The lowest BCUT2D eigenvalue weighted by Crippen LogP contribution is -2.38. The number of hydrogen-bond acceptors (Lipinski definition) is 3. The molecular formula is C22H24FN3O2. The molecule has 6 heteroatoms. The molecule has 146 valence electrons. The van der Waals surface area contributed by atoms with Gasteiger partial charge in [0.15, 0.2) is 0 Å². The van der Waals surface area contributed by atoms with E-state index in [1.807, 2.05) is 42.8 Å². The van der Waals surface area contributed by atoms with Crippen LogP contribution in [0, 0.1) is 5.82 Å². The van der Waals surface area contributed by atoms with Crippen LogP contribution in [0.3, 0.4) is 0 Å². The summed E-state index contributed by atoms with van der Waals surface area (Å²) in [5, 5.41) is 4.47. The smallest absolute Gasteiger partial charge is 0.254 e. The molecule has 5 nitrogen and oxygen atoms in total. The van der Waals surface area contributed by atoms with Gasteiger partial charge < -0.3 is 9.64 Å². The Morgan fingerprint density at radius 1 is 1.32 bits per heavy atom. The molecule has 0 fully saturated rings. The summed E-state index contributed by atoms with van der Waals surface area (Å²) in [7, 11) is 0. The van der Waals surface area contributed by atoms with E-state index in [1.54, 1.807) is 4.90 Å². The Hall–Kier alpha value is -3.15. The van der Waals surface area contributed by atoms with Crippen LogP contribution in [0.4, 0.5) is 4.39 Å². The molecular weight excluding hydrogens is 357 g/mol. The average molecular weight is 381 g/mol. The van der Waals surface area contributed by atoms with E-state index in [0.717, 1.165) is 16.8 Å². The van der Waals surface area contributed by atoms with Gasteiger partial charge in [0.2, 0.25) is 5.88 Å². The molecule has 1 aliphatic heterocycles. The van der Waals surface area contributed by atoms with E-state index in [1.165, 1.54) is 24.3 Å². The van der Waals surface area contributed by atoms with Gasteiger partial charge in [-0.05, 0) is 43.7 Å². The van der Waals surface area contributed by atoms with Gasteiger partial charge in [0.1, 0.15) is 12.4 Å². The maximum atomic E-state index is 13.1. The second-order valence-corrected chi connectivity index (χ2v) is 6.78. The average Bonchev–Trinajstić information content (AvgIpc) is 3.08. The molecule has 28 heavy (non-hydrogen) atoms. The predicted molar refractivity (Wildman–Crippen MR) is 107 cm³/mol. The third kappa shape index (κ3) is 4.76. The second-order valence-electron chi connectivity index (χ2n) is 6.78. The molecule has 1 aromatic carbocycles. The van der Waals surface area contributed by atoms with Crippen molar-refractivity contribution in [1.82, 2.24) is 14.7 Å². The summed E-state index contributed by atoms with van der Waals surface area (Å²) < 4.78 is 20.8. The number of aromatic nitrogens is 2. The van der Waals surface area contributed by atoms with E-state index in [0.29, 0.717) is 37.7 Å². The van der Waals surface area contributed by atoms with Gasteiger partial charge in [0, 0.05) is 18.2 Å². The summed E-state index contributed by atoms with van der Waals surface area (Å²) >= 11 is 0. The summed E-state index contributed by atoms with van der Waals surface area (Å²) in [6, 6.07) is 7.48. The highest BCUT2D eigenvalue weighted by Crippen LogP contribution is 2.20. The van der Waals surface area contributed by atoms with Crippen LogP contribution in [0.25, 0.3) is 0 Å². The van der Waals surface area contributed by atoms with Crippen LogP contribution < -0.4 is 4.74 Å². The highest BCUT2D eigenvalue weighted by atomic mass is 19.1. The van der Waals surface area contributed by atoms with Crippen LogP contribution in [-0.4, -0.2) is 33.7 Å². The van der Waals surface area contributed by atoms with Gasteiger partial charge in [-0.1, -0.05) is 30.4 Å². The summed E-state index contributed by atoms with van der Waals surface area (Å²) in [6.45, 7) is 9.76. The molecule has 0 N–H and O–H groups in total. The van der Waals surface area contributed by atoms with Crippen LogP contribution in [0.1, 0.15) is 29.9 Å². The van der Waals surface area contributed by atoms with Gasteiger partial charge in [0.05, 0.1) is 18.8 Å². The predicted octanol–water partition coefficient (Wildman–Crippen LogP) is 4.14. The molecule has 0 spiro atoms. The first-order valence-corrected chi connectivity index (χ1v) is 9.19. The molecule has 0 aliphatic carbocycles. The summed E-state index contributed by atoms with van der Waals surface area (Å²) in [5.41, 5.74) is 3.35. The van der Waals surface area contributed by atoms with Crippen LogP contribution in [0.15, 0.2) is 66.3 Å². The molecule has 2 aromatic rings. The third-order valence-corrected chi connectivity index (χ3v) is 4.35. The SMILES string of the molecule is C=C(C)/C=C(\C=C/C)COc1cc2n(n1)CCN(C(=O)c1ccc(F)cc1)C2. The molecule has 1 amide bonds. The molecule has 0 atom stereocenters. The van der Waals surface area contributed by atoms with E-state index in [-0.39, 0.29) is 11.7 Å². The monoisotopic (exact) mass is 381 g/mol. The minimum absolute atomic E-state index is 0.116. The van der Waals surface area contributed by atoms with E-state index in [2.05, 4.69) is 11.7 Å². The van der Waals surface area contributed by atoms with Gasteiger partial charge in [-0.3, -0.25) is 9.48 Å². The number of carbonyl (C=O) groups excluding carboxylic acids is 1. The van der Waals surface area contributed by atoms with Crippen LogP contribution in [0.2, 0.25) is 0 Å². The molecule has 1 aliphatic rings. The van der Waals surface area contributed by atoms with Crippen molar-refractivity contribution in [2.75, 3.05) is 13.2 Å². The van der Waals surface area contributed by atoms with Gasteiger partial charge in [-0.15, -0.1) is 5.10 Å². The van der Waals surface area contributed by atoms with E-state index >= 15 is 0 Å². The number of ether oxygens (including phenoxy) is 1. The Balaban J connectivity index is 1.66. The number of carbonyl (C=O) groups is 1. The van der Waals surface area contributed by atoms with Crippen molar-refractivity contribution in [2.24, 2.45) is 0 Å². The lowest BCUT2D eigenvalue weighted by atomic mass is 10.1. The van der Waals surface area contributed by atoms with E-state index in [9.17, 15) is 9.18 Å². The molecule has 0 bridgehead atoms. The Morgan fingerprint density at radius 3 is 2.75 bits per heavy atom. The zero-order valence-corrected chi connectivity index (χ0v) is 16.2. The Kier molecular flexibility index (Phi) is 6.09. The van der Waals surface area contributed by atoms with Crippen LogP contribution in [-0.2, 0) is 13.1 Å². The fraction of sp³-hybridized carbons (Fsp3) is 0.273. The molecule has 2 heterocycles. The first kappa shape index (κ1) is 19.6. The van der Waals surface area contributed by atoms with Crippen molar-refractivity contribution in [2.45, 2.75) is 26.9 Å². The Morgan fingerprint density at radius 2 is 2.07 bits per heavy atom. The molecule has 3 rings (SSSR count). The van der Waals surface area contributed by atoms with Gasteiger partial charge in [-0.2, -0.15) is 0 Å². The standard InChI is InChI=1S/C22H24FN3O2/c1-4-5-17(12-16(2)3)15-28-21-13-20-14-25(10-11-26(20)24-21)22(27)18-6-8-19(23)9-7-18/h4-9,12-13H,2,10-11,14-15H2,1,3H3/b5-4-,17-12+. The number of amides is 1. The fourth-order valence-corrected chi connectivity index (χ4v) is 3.08. The Bertz CT molecular complexity index is 926. The van der Waals surface area contributed by atoms with Crippen molar-refractivity contribution in [1.29, 1.82) is 0 Å². The molecule has 0 radical (unpaired) electrons. The van der Waals surface area contributed by atoms with Gasteiger partial charge in [0.25, 0.3) is 5.91 Å². The molecule has 0 unspecified atom stereocenters. The summed E-state index contributed by atoms with van der Waals surface area (Å²) in [4.78, 5) is 14.4. The first-order valence-electron chi connectivity index (χ1n) is 9.19. The zero-order chi connectivity index (χ0) is 20.1. The number of fused-ring (bicyclic) bond motifs is 1. The van der Waals surface area contributed by atoms with Gasteiger partial charge in [-0.25, -0.2) is 4.39 Å². The molecule has 0 saturated carbocycles. The normalized spacial score (nSPS) is 14.2. The Labute approximate surface area is 164 Å². The topological polar surface area (TPSA) is 47.4 Å². The second kappa shape index (κ2) is 8.69. The minimum Gasteiger partial charge on any atom is -0.472 e. The maximum Gasteiger partial charge on any atom is 0.254 e. The van der Waals surface area contributed by atoms with Crippen LogP contribution in [0.5, 0.6) is 5.88 Å². The van der Waals surface area contributed by atoms with Gasteiger partial charge >= 0.3 is 0 Å². The summed E-state index contributed by atoms with van der Waals surface area (Å²) in [5.74, 6) is 0.0610. The van der Waals surface area contributed by atoms with Crippen molar-refractivity contribution >= 4 is 5.91 Å². The third-order valence-electron chi connectivity index (χ3n) is 4.35. The van der Waals surface area contributed by atoms with E-state index in [4.69, 9.17) is 4.74 Å². The highest BCUT2D eigenvalue weighted by molar-refractivity contribution is 5.94. The lowest BCUT2D eigenvalue weighted by Gasteiger charge is -2.27. The maximum absolute atomic E-state index is 13.1. The zero-order valence-electron chi connectivity index (χ0n) is 16.2. The number of rotatable bonds is 6. The largest absolute Gasteiger partial charge is 0.472 e. The summed E-state index contributed by atoms with van der Waals surface area (Å²) in [6.07, 6.45) is 5.90. The minimum atomic E-state index is -0.354. The number of benzene rings is 1. The lowest BCUT2D eigenvalue weighted by molar-refractivity contribution is 0.0706.